The van der Waals surface area contributed by atoms with Gasteiger partial charge in [0, 0.05) is 18.1 Å². The third-order valence-electron chi connectivity index (χ3n) is 3.03. The molecule has 1 aromatic rings. The fourth-order valence-electron chi connectivity index (χ4n) is 2.00. The van der Waals surface area contributed by atoms with Crippen LogP contribution in [0, 0.1) is 5.82 Å². The first-order valence-electron chi connectivity index (χ1n) is 8.41. The molecule has 0 aromatic heterocycles. The molecule has 7 heteroatoms. The maximum Gasteiger partial charge on any atom is 0.330 e. The summed E-state index contributed by atoms with van der Waals surface area (Å²) in [7, 11) is 0. The molecule has 0 bridgehead atoms. The van der Waals surface area contributed by atoms with Crippen molar-refractivity contribution < 1.29 is 28.2 Å². The second kappa shape index (κ2) is 9.79. The fraction of sp³-hybridized carbons (Fsp3) is 0.474. The molecule has 0 aliphatic heterocycles. The highest BCUT2D eigenvalue weighted by atomic mass is 19.1. The van der Waals surface area contributed by atoms with Gasteiger partial charge in [-0.1, -0.05) is 0 Å². The minimum Gasteiger partial charge on any atom is -0.490 e. The summed E-state index contributed by atoms with van der Waals surface area (Å²) >= 11 is 0. The zero-order valence-electron chi connectivity index (χ0n) is 15.6. The number of hydrogen-bond acceptors (Lipinski definition) is 6. The van der Waals surface area contributed by atoms with Crippen molar-refractivity contribution in [2.75, 3.05) is 18.9 Å². The summed E-state index contributed by atoms with van der Waals surface area (Å²) < 4.78 is 29.7. The van der Waals surface area contributed by atoms with E-state index in [4.69, 9.17) is 19.9 Å². The smallest absolute Gasteiger partial charge is 0.330 e. The van der Waals surface area contributed by atoms with Gasteiger partial charge in [0.1, 0.15) is 5.60 Å². The number of benzene rings is 1. The number of nitrogen functional groups attached to an aromatic ring is 1. The highest BCUT2D eigenvalue weighted by Crippen LogP contribution is 2.29. The van der Waals surface area contributed by atoms with Crippen molar-refractivity contribution in [2.45, 2.75) is 46.1 Å². The Morgan fingerprint density at radius 3 is 2.58 bits per heavy atom. The number of ether oxygens (including phenoxy) is 3. The predicted octanol–water partition coefficient (Wildman–Crippen LogP) is 3.48. The van der Waals surface area contributed by atoms with Crippen LogP contribution in [-0.2, 0) is 19.1 Å². The highest BCUT2D eigenvalue weighted by molar-refractivity contribution is 5.87. The van der Waals surface area contributed by atoms with Crippen LogP contribution in [0.15, 0.2) is 18.2 Å². The zero-order valence-corrected chi connectivity index (χ0v) is 15.6. The van der Waals surface area contributed by atoms with Gasteiger partial charge in [0.15, 0.2) is 11.6 Å². The third kappa shape index (κ3) is 7.55. The van der Waals surface area contributed by atoms with E-state index < -0.39 is 17.4 Å². The summed E-state index contributed by atoms with van der Waals surface area (Å²) in [5, 5.41) is 0. The van der Waals surface area contributed by atoms with E-state index >= 15 is 0 Å². The summed E-state index contributed by atoms with van der Waals surface area (Å²) in [4.78, 5) is 23.1. The number of rotatable bonds is 8. The quantitative estimate of drug-likeness (QED) is 0.327. The van der Waals surface area contributed by atoms with E-state index in [0.29, 0.717) is 12.0 Å². The van der Waals surface area contributed by atoms with Crippen LogP contribution < -0.4 is 10.5 Å². The molecular formula is C19H26FNO5. The molecule has 144 valence electrons. The molecule has 0 aliphatic carbocycles. The molecule has 0 heterocycles. The third-order valence-corrected chi connectivity index (χ3v) is 3.03. The van der Waals surface area contributed by atoms with Gasteiger partial charge >= 0.3 is 11.9 Å². The Labute approximate surface area is 153 Å². The standard InChI is InChI=1S/C19H26FNO5/c1-5-24-15(22)11-9-13-8-10-14(21)17(20)18(13)25-12-6-7-16(23)26-19(2,3)4/h8-11H,5-7,12,21H2,1-4H3/b11-9+. The molecule has 0 saturated carbocycles. The molecule has 0 unspecified atom stereocenters. The van der Waals surface area contributed by atoms with Gasteiger partial charge in [-0.15, -0.1) is 0 Å². The average Bonchev–Trinajstić information content (AvgIpc) is 2.52. The minimum absolute atomic E-state index is 0.0690. The van der Waals surface area contributed by atoms with E-state index in [2.05, 4.69) is 0 Å². The van der Waals surface area contributed by atoms with Gasteiger partial charge < -0.3 is 19.9 Å². The SMILES string of the molecule is CCOC(=O)/C=C/c1ccc(N)c(F)c1OCCCC(=O)OC(C)(C)C. The van der Waals surface area contributed by atoms with Crippen LogP contribution >= 0.6 is 0 Å². The summed E-state index contributed by atoms with van der Waals surface area (Å²) in [6.45, 7) is 7.38. The molecule has 0 spiro atoms. The molecule has 0 aliphatic rings. The lowest BCUT2D eigenvalue weighted by molar-refractivity contribution is -0.155. The van der Waals surface area contributed by atoms with Gasteiger partial charge in [0.05, 0.1) is 18.9 Å². The van der Waals surface area contributed by atoms with Crippen LogP contribution in [0.4, 0.5) is 10.1 Å². The van der Waals surface area contributed by atoms with E-state index in [1.807, 2.05) is 0 Å². The largest absolute Gasteiger partial charge is 0.490 e. The van der Waals surface area contributed by atoms with Gasteiger partial charge in [-0.2, -0.15) is 0 Å². The molecule has 1 rings (SSSR count). The van der Waals surface area contributed by atoms with Crippen molar-refractivity contribution in [3.05, 3.63) is 29.6 Å². The van der Waals surface area contributed by atoms with Gasteiger partial charge in [0.25, 0.3) is 0 Å². The summed E-state index contributed by atoms with van der Waals surface area (Å²) in [5.74, 6) is -1.68. The molecule has 2 N–H and O–H groups in total. The predicted molar refractivity (Wildman–Crippen MR) is 97.1 cm³/mol. The summed E-state index contributed by atoms with van der Waals surface area (Å²) in [5.41, 5.74) is 5.30. The Morgan fingerprint density at radius 2 is 1.96 bits per heavy atom. The Bertz CT molecular complexity index is 665. The van der Waals surface area contributed by atoms with Crippen molar-refractivity contribution in [3.8, 4) is 5.75 Å². The van der Waals surface area contributed by atoms with Gasteiger partial charge in [-0.3, -0.25) is 4.79 Å². The van der Waals surface area contributed by atoms with Crippen LogP contribution in [0.2, 0.25) is 0 Å². The van der Waals surface area contributed by atoms with Crippen LogP contribution in [0.5, 0.6) is 5.75 Å². The fourth-order valence-corrected chi connectivity index (χ4v) is 2.00. The Morgan fingerprint density at radius 1 is 1.27 bits per heavy atom. The molecule has 0 amide bonds. The van der Waals surface area contributed by atoms with E-state index in [1.165, 1.54) is 24.3 Å². The van der Waals surface area contributed by atoms with Crippen LogP contribution in [0.25, 0.3) is 6.08 Å². The monoisotopic (exact) mass is 367 g/mol. The number of carbonyl (C=O) groups is 2. The molecule has 0 saturated heterocycles. The minimum atomic E-state index is -0.715. The van der Waals surface area contributed by atoms with Crippen molar-refractivity contribution >= 4 is 23.7 Å². The van der Waals surface area contributed by atoms with Gasteiger partial charge in [-0.05, 0) is 52.3 Å². The first-order chi connectivity index (χ1) is 12.1. The number of anilines is 1. The van der Waals surface area contributed by atoms with E-state index in [1.54, 1.807) is 27.7 Å². The molecule has 0 radical (unpaired) electrons. The van der Waals surface area contributed by atoms with Crippen LogP contribution in [-0.4, -0.2) is 30.8 Å². The number of halogens is 1. The molecular weight excluding hydrogens is 341 g/mol. The Balaban J connectivity index is 2.71. The van der Waals surface area contributed by atoms with E-state index in [0.717, 1.165) is 0 Å². The van der Waals surface area contributed by atoms with Crippen molar-refractivity contribution in [2.24, 2.45) is 0 Å². The number of hydrogen-bond donors (Lipinski definition) is 1. The van der Waals surface area contributed by atoms with Gasteiger partial charge in [-0.25, -0.2) is 9.18 Å². The molecule has 0 atom stereocenters. The lowest BCUT2D eigenvalue weighted by atomic mass is 10.1. The second-order valence-electron chi connectivity index (χ2n) is 6.51. The zero-order chi connectivity index (χ0) is 19.7. The van der Waals surface area contributed by atoms with E-state index in [-0.39, 0.29) is 37.0 Å². The average molecular weight is 367 g/mol. The normalized spacial score (nSPS) is 11.4. The Kier molecular flexibility index (Phi) is 8.09. The topological polar surface area (TPSA) is 87.9 Å². The van der Waals surface area contributed by atoms with Crippen molar-refractivity contribution in [1.82, 2.24) is 0 Å². The lowest BCUT2D eigenvalue weighted by Crippen LogP contribution is -2.24. The maximum atomic E-state index is 14.3. The number of carbonyl (C=O) groups excluding carboxylic acids is 2. The first-order valence-corrected chi connectivity index (χ1v) is 8.41. The van der Waals surface area contributed by atoms with Crippen molar-refractivity contribution in [3.63, 3.8) is 0 Å². The molecule has 0 fully saturated rings. The number of esters is 2. The van der Waals surface area contributed by atoms with Gasteiger partial charge in [0.2, 0.25) is 0 Å². The molecule has 26 heavy (non-hydrogen) atoms. The van der Waals surface area contributed by atoms with Crippen molar-refractivity contribution in [1.29, 1.82) is 0 Å². The highest BCUT2D eigenvalue weighted by Gasteiger charge is 2.16. The van der Waals surface area contributed by atoms with Crippen LogP contribution in [0.1, 0.15) is 46.1 Å². The summed E-state index contributed by atoms with van der Waals surface area (Å²) in [6, 6.07) is 2.92. The lowest BCUT2D eigenvalue weighted by Gasteiger charge is -2.19. The van der Waals surface area contributed by atoms with Crippen LogP contribution in [0.3, 0.4) is 0 Å². The Hall–Kier alpha value is -2.57. The summed E-state index contributed by atoms with van der Waals surface area (Å²) in [6.07, 6.45) is 3.07. The van der Waals surface area contributed by atoms with E-state index in [9.17, 15) is 14.0 Å². The molecule has 6 nitrogen and oxygen atoms in total. The second-order valence-corrected chi connectivity index (χ2v) is 6.51. The number of nitrogens with two attached hydrogens (primary N) is 1. The molecule has 1 aromatic carbocycles. The first kappa shape index (κ1) is 21.5. The maximum absolute atomic E-state index is 14.3.